The van der Waals surface area contributed by atoms with Gasteiger partial charge < -0.3 is 10.1 Å². The second-order valence-corrected chi connectivity index (χ2v) is 5.99. The number of benzene rings is 1. The molecule has 0 bridgehead atoms. The summed E-state index contributed by atoms with van der Waals surface area (Å²) < 4.78 is 5.24. The van der Waals surface area contributed by atoms with Crippen LogP contribution < -0.4 is 10.1 Å². The third-order valence-electron chi connectivity index (χ3n) is 4.57. The SMILES string of the molecule is COc1ccc([C@@H]2[C@@H](CNc3nccnc3C#N)CCN2C)cc1. The van der Waals surface area contributed by atoms with Gasteiger partial charge >= 0.3 is 0 Å². The van der Waals surface area contributed by atoms with Crippen LogP contribution in [-0.2, 0) is 0 Å². The summed E-state index contributed by atoms with van der Waals surface area (Å²) in [7, 11) is 3.83. The first-order valence-corrected chi connectivity index (χ1v) is 8.02. The zero-order chi connectivity index (χ0) is 16.9. The summed E-state index contributed by atoms with van der Waals surface area (Å²) in [5, 5.41) is 12.4. The van der Waals surface area contributed by atoms with Gasteiger partial charge in [0.1, 0.15) is 11.8 Å². The van der Waals surface area contributed by atoms with E-state index in [1.165, 1.54) is 11.8 Å². The van der Waals surface area contributed by atoms with E-state index in [0.717, 1.165) is 25.3 Å². The summed E-state index contributed by atoms with van der Waals surface area (Å²) >= 11 is 0. The first-order valence-electron chi connectivity index (χ1n) is 8.02. The monoisotopic (exact) mass is 323 g/mol. The molecule has 124 valence electrons. The van der Waals surface area contributed by atoms with Crippen molar-refractivity contribution in [1.82, 2.24) is 14.9 Å². The minimum Gasteiger partial charge on any atom is -0.497 e. The summed E-state index contributed by atoms with van der Waals surface area (Å²) in [4.78, 5) is 10.6. The highest BCUT2D eigenvalue weighted by Crippen LogP contribution is 2.36. The van der Waals surface area contributed by atoms with Crippen molar-refractivity contribution in [2.24, 2.45) is 5.92 Å². The van der Waals surface area contributed by atoms with Crippen LogP contribution in [0.5, 0.6) is 5.75 Å². The number of rotatable bonds is 5. The Labute approximate surface area is 142 Å². The Balaban J connectivity index is 1.73. The van der Waals surface area contributed by atoms with Crippen LogP contribution in [0.4, 0.5) is 5.82 Å². The van der Waals surface area contributed by atoms with E-state index in [-0.39, 0.29) is 0 Å². The smallest absolute Gasteiger partial charge is 0.182 e. The van der Waals surface area contributed by atoms with Crippen LogP contribution in [0, 0.1) is 17.2 Å². The van der Waals surface area contributed by atoms with E-state index in [1.54, 1.807) is 13.3 Å². The lowest BCUT2D eigenvalue weighted by Gasteiger charge is -2.26. The molecule has 6 nitrogen and oxygen atoms in total. The molecule has 0 unspecified atom stereocenters. The molecule has 1 aliphatic rings. The van der Waals surface area contributed by atoms with Gasteiger partial charge in [-0.2, -0.15) is 5.26 Å². The molecule has 0 radical (unpaired) electrons. The third-order valence-corrected chi connectivity index (χ3v) is 4.57. The van der Waals surface area contributed by atoms with Crippen molar-refractivity contribution < 1.29 is 4.74 Å². The number of methoxy groups -OCH3 is 1. The molecule has 6 heteroatoms. The van der Waals surface area contributed by atoms with Crippen molar-refractivity contribution in [3.8, 4) is 11.8 Å². The first kappa shape index (κ1) is 16.2. The highest BCUT2D eigenvalue weighted by molar-refractivity contribution is 5.46. The van der Waals surface area contributed by atoms with Gasteiger partial charge in [-0.05, 0) is 43.6 Å². The van der Waals surface area contributed by atoms with E-state index in [0.29, 0.717) is 23.5 Å². The molecular formula is C18H21N5O. The van der Waals surface area contributed by atoms with Gasteiger partial charge in [0.05, 0.1) is 7.11 Å². The van der Waals surface area contributed by atoms with Crippen LogP contribution in [0.2, 0.25) is 0 Å². The largest absolute Gasteiger partial charge is 0.497 e. The molecule has 2 heterocycles. The highest BCUT2D eigenvalue weighted by atomic mass is 16.5. The van der Waals surface area contributed by atoms with Gasteiger partial charge in [-0.3, -0.25) is 4.90 Å². The van der Waals surface area contributed by atoms with Gasteiger partial charge in [0.2, 0.25) is 0 Å². The predicted octanol–water partition coefficient (Wildman–Crippen LogP) is 2.46. The summed E-state index contributed by atoms with van der Waals surface area (Å²) in [5.41, 5.74) is 1.62. The summed E-state index contributed by atoms with van der Waals surface area (Å²) in [6, 6.07) is 10.7. The van der Waals surface area contributed by atoms with Crippen LogP contribution in [0.25, 0.3) is 0 Å². The molecule has 0 saturated carbocycles. The number of nitrogens with zero attached hydrogens (tertiary/aromatic N) is 4. The summed E-state index contributed by atoms with van der Waals surface area (Å²) in [5.74, 6) is 1.87. The van der Waals surface area contributed by atoms with Crippen LogP contribution in [0.1, 0.15) is 23.7 Å². The van der Waals surface area contributed by atoms with Gasteiger partial charge in [-0.25, -0.2) is 9.97 Å². The quantitative estimate of drug-likeness (QED) is 0.911. The Kier molecular flexibility index (Phi) is 4.92. The average Bonchev–Trinajstić information content (AvgIpc) is 3.00. The Morgan fingerprint density at radius 1 is 1.29 bits per heavy atom. The standard InChI is InChI=1S/C18H21N5O/c1-23-10-7-14(12-22-18-16(11-19)20-8-9-21-18)17(23)13-3-5-15(24-2)6-4-13/h3-6,8-9,14,17H,7,10,12H2,1-2H3,(H,21,22)/t14-,17-/m1/s1. The molecule has 3 rings (SSSR count). The average molecular weight is 323 g/mol. The van der Waals surface area contributed by atoms with Crippen molar-refractivity contribution in [2.75, 3.05) is 32.6 Å². The molecule has 1 aromatic carbocycles. The maximum Gasteiger partial charge on any atom is 0.182 e. The number of hydrogen-bond acceptors (Lipinski definition) is 6. The Morgan fingerprint density at radius 2 is 2.04 bits per heavy atom. The van der Waals surface area contributed by atoms with Crippen LogP contribution >= 0.6 is 0 Å². The molecule has 0 amide bonds. The maximum absolute atomic E-state index is 9.12. The number of aromatic nitrogens is 2. The van der Waals surface area contributed by atoms with E-state index in [4.69, 9.17) is 10.00 Å². The van der Waals surface area contributed by atoms with Gasteiger partial charge in [0.25, 0.3) is 0 Å². The lowest BCUT2D eigenvalue weighted by atomic mass is 9.93. The lowest BCUT2D eigenvalue weighted by Crippen LogP contribution is -2.25. The maximum atomic E-state index is 9.12. The fraction of sp³-hybridized carbons (Fsp3) is 0.389. The number of nitriles is 1. The number of likely N-dealkylation sites (tertiary alicyclic amines) is 1. The molecule has 1 fully saturated rings. The zero-order valence-electron chi connectivity index (χ0n) is 13.9. The van der Waals surface area contributed by atoms with E-state index < -0.39 is 0 Å². The molecule has 0 spiro atoms. The number of ether oxygens (including phenoxy) is 1. The van der Waals surface area contributed by atoms with Gasteiger partial charge in [0.15, 0.2) is 11.5 Å². The third kappa shape index (κ3) is 3.31. The molecule has 1 aromatic heterocycles. The van der Waals surface area contributed by atoms with Gasteiger partial charge in [0, 0.05) is 25.0 Å². The number of nitrogens with one attached hydrogen (secondary N) is 1. The molecule has 0 aliphatic carbocycles. The second kappa shape index (κ2) is 7.28. The van der Waals surface area contributed by atoms with Crippen LogP contribution in [0.3, 0.4) is 0 Å². The minimum atomic E-state index is 0.338. The number of hydrogen-bond donors (Lipinski definition) is 1. The van der Waals surface area contributed by atoms with Gasteiger partial charge in [-0.15, -0.1) is 0 Å². The topological polar surface area (TPSA) is 74.1 Å². The van der Waals surface area contributed by atoms with Crippen molar-refractivity contribution >= 4 is 5.82 Å². The second-order valence-electron chi connectivity index (χ2n) is 5.99. The molecule has 2 atom stereocenters. The van der Waals surface area contributed by atoms with E-state index in [2.05, 4.69) is 45.4 Å². The van der Waals surface area contributed by atoms with E-state index in [1.807, 2.05) is 12.1 Å². The van der Waals surface area contributed by atoms with Crippen molar-refractivity contribution in [3.05, 3.63) is 47.9 Å². The van der Waals surface area contributed by atoms with E-state index >= 15 is 0 Å². The van der Waals surface area contributed by atoms with Crippen LogP contribution in [0.15, 0.2) is 36.7 Å². The fourth-order valence-electron chi connectivity index (χ4n) is 3.34. The number of anilines is 1. The Hall–Kier alpha value is -2.65. The molecule has 1 aliphatic heterocycles. The molecule has 1 N–H and O–H groups in total. The molecule has 24 heavy (non-hydrogen) atoms. The van der Waals surface area contributed by atoms with E-state index in [9.17, 15) is 0 Å². The molecule has 2 aromatic rings. The Bertz CT molecular complexity index is 725. The highest BCUT2D eigenvalue weighted by Gasteiger charge is 2.32. The fourth-order valence-corrected chi connectivity index (χ4v) is 3.34. The van der Waals surface area contributed by atoms with Crippen molar-refractivity contribution in [1.29, 1.82) is 5.26 Å². The van der Waals surface area contributed by atoms with Crippen molar-refractivity contribution in [2.45, 2.75) is 12.5 Å². The molecular weight excluding hydrogens is 302 g/mol. The van der Waals surface area contributed by atoms with Crippen LogP contribution in [-0.4, -0.2) is 42.1 Å². The predicted molar refractivity (Wildman–Crippen MR) is 91.7 cm³/mol. The normalized spacial score (nSPS) is 20.5. The first-order chi connectivity index (χ1) is 11.7. The summed E-state index contributed by atoms with van der Waals surface area (Å²) in [6.45, 7) is 1.81. The van der Waals surface area contributed by atoms with Crippen molar-refractivity contribution in [3.63, 3.8) is 0 Å². The van der Waals surface area contributed by atoms with Gasteiger partial charge in [-0.1, -0.05) is 12.1 Å². The summed E-state index contributed by atoms with van der Waals surface area (Å²) in [6.07, 6.45) is 4.24. The Morgan fingerprint density at radius 3 is 2.75 bits per heavy atom. The molecule has 1 saturated heterocycles. The zero-order valence-corrected chi connectivity index (χ0v) is 13.9. The lowest BCUT2D eigenvalue weighted by molar-refractivity contribution is 0.281. The minimum absolute atomic E-state index is 0.338.